The van der Waals surface area contributed by atoms with Crippen LogP contribution < -0.4 is 4.74 Å². The van der Waals surface area contributed by atoms with Crippen LogP contribution in [0.4, 0.5) is 4.79 Å². The molecule has 152 valence electrons. The first-order valence-electron chi connectivity index (χ1n) is 9.68. The van der Waals surface area contributed by atoms with Gasteiger partial charge in [0.15, 0.2) is 0 Å². The van der Waals surface area contributed by atoms with Crippen LogP contribution in [-0.4, -0.2) is 41.9 Å². The molecule has 0 saturated carbocycles. The fourth-order valence-electron chi connectivity index (χ4n) is 3.04. The van der Waals surface area contributed by atoms with Crippen LogP contribution in [-0.2, 0) is 11.3 Å². The molecule has 7 heteroatoms. The molecule has 1 amide bonds. The smallest absolute Gasteiger partial charge is 0.409 e. The van der Waals surface area contributed by atoms with Gasteiger partial charge in [0.2, 0.25) is 0 Å². The summed E-state index contributed by atoms with van der Waals surface area (Å²) in [7, 11) is 0. The van der Waals surface area contributed by atoms with Crippen molar-refractivity contribution in [3.63, 3.8) is 0 Å². The molecular formula is C21H28N2O3S2. The molecule has 0 atom stereocenters. The van der Waals surface area contributed by atoms with E-state index in [0.717, 1.165) is 42.4 Å². The van der Waals surface area contributed by atoms with Crippen LogP contribution in [0.5, 0.6) is 5.75 Å². The maximum absolute atomic E-state index is 12.1. The van der Waals surface area contributed by atoms with Gasteiger partial charge in [-0.25, -0.2) is 9.78 Å². The number of thiazole rings is 1. The van der Waals surface area contributed by atoms with Crippen LogP contribution in [0.25, 0.3) is 0 Å². The van der Waals surface area contributed by atoms with Crippen molar-refractivity contribution in [2.75, 3.05) is 26.0 Å². The number of likely N-dealkylation sites (tertiary alicyclic amines) is 1. The van der Waals surface area contributed by atoms with E-state index >= 15 is 0 Å². The summed E-state index contributed by atoms with van der Waals surface area (Å²) in [6.07, 6.45) is 3.74. The fourth-order valence-corrected chi connectivity index (χ4v) is 4.43. The largest absolute Gasteiger partial charge is 0.487 e. The number of ether oxygens (including phenoxy) is 2. The Balaban J connectivity index is 1.46. The molecular weight excluding hydrogens is 392 g/mol. The lowest BCUT2D eigenvalue weighted by atomic mass is 9.98. The highest BCUT2D eigenvalue weighted by Crippen LogP contribution is 2.31. The van der Waals surface area contributed by atoms with E-state index in [4.69, 9.17) is 14.5 Å². The number of piperidine rings is 1. The number of hydrogen-bond donors (Lipinski definition) is 0. The maximum atomic E-state index is 12.1. The monoisotopic (exact) mass is 420 g/mol. The van der Waals surface area contributed by atoms with E-state index in [-0.39, 0.29) is 6.09 Å². The standard InChI is InChI=1S/C21H28N2O3S2/c1-15(2)12-26-21(24)23-10-8-16(9-11-23)20-22-17(14-28-20)13-25-18-4-6-19(27-3)7-5-18/h4-7,14-16H,8-13H2,1-3H3. The summed E-state index contributed by atoms with van der Waals surface area (Å²) < 4.78 is 11.2. The zero-order chi connectivity index (χ0) is 19.9. The molecule has 1 saturated heterocycles. The van der Waals surface area contributed by atoms with E-state index in [2.05, 4.69) is 23.8 Å². The van der Waals surface area contributed by atoms with E-state index < -0.39 is 0 Å². The third-order valence-corrected chi connectivity index (χ3v) is 6.46. The summed E-state index contributed by atoms with van der Waals surface area (Å²) in [6.45, 7) is 6.51. The Morgan fingerprint density at radius 3 is 2.64 bits per heavy atom. The minimum Gasteiger partial charge on any atom is -0.487 e. The van der Waals surface area contributed by atoms with E-state index in [1.807, 2.05) is 30.9 Å². The van der Waals surface area contributed by atoms with Gasteiger partial charge in [0.1, 0.15) is 12.4 Å². The number of amides is 1. The summed E-state index contributed by atoms with van der Waals surface area (Å²) >= 11 is 3.41. The lowest BCUT2D eigenvalue weighted by Crippen LogP contribution is -2.38. The minimum absolute atomic E-state index is 0.187. The maximum Gasteiger partial charge on any atom is 0.409 e. The zero-order valence-corrected chi connectivity index (χ0v) is 18.4. The molecule has 1 aromatic carbocycles. The molecule has 28 heavy (non-hydrogen) atoms. The predicted molar refractivity (Wildman–Crippen MR) is 114 cm³/mol. The van der Waals surface area contributed by atoms with Crippen molar-refractivity contribution in [1.82, 2.24) is 9.88 Å². The van der Waals surface area contributed by atoms with Gasteiger partial charge in [-0.3, -0.25) is 0 Å². The van der Waals surface area contributed by atoms with Crippen molar-refractivity contribution in [1.29, 1.82) is 0 Å². The SMILES string of the molecule is CSc1ccc(OCc2csc(C3CCN(C(=O)OCC(C)C)CC3)n2)cc1. The lowest BCUT2D eigenvalue weighted by Gasteiger charge is -2.30. The fraction of sp³-hybridized carbons (Fsp3) is 0.524. The quantitative estimate of drug-likeness (QED) is 0.560. The Hall–Kier alpha value is -1.73. The molecule has 2 heterocycles. The number of carbonyl (C=O) groups is 1. The predicted octanol–water partition coefficient (Wildman–Crippen LogP) is 5.42. The highest BCUT2D eigenvalue weighted by Gasteiger charge is 2.26. The average Bonchev–Trinajstić information content (AvgIpc) is 3.20. The molecule has 1 aliphatic heterocycles. The summed E-state index contributed by atoms with van der Waals surface area (Å²) in [6, 6.07) is 8.11. The molecule has 0 unspecified atom stereocenters. The van der Waals surface area contributed by atoms with Crippen LogP contribution in [0.2, 0.25) is 0 Å². The summed E-state index contributed by atoms with van der Waals surface area (Å²) in [5.74, 6) is 1.63. The van der Waals surface area contributed by atoms with Crippen LogP contribution in [0, 0.1) is 5.92 Å². The molecule has 0 bridgehead atoms. The lowest BCUT2D eigenvalue weighted by molar-refractivity contribution is 0.0834. The van der Waals surface area contributed by atoms with Crippen molar-refractivity contribution in [3.8, 4) is 5.75 Å². The van der Waals surface area contributed by atoms with Gasteiger partial charge in [-0.2, -0.15) is 0 Å². The number of nitrogens with zero attached hydrogens (tertiary/aromatic N) is 2. The molecule has 0 aliphatic carbocycles. The van der Waals surface area contributed by atoms with Crippen LogP contribution in [0.15, 0.2) is 34.5 Å². The normalized spacial score (nSPS) is 15.1. The van der Waals surface area contributed by atoms with Gasteiger partial charge in [-0.1, -0.05) is 13.8 Å². The topological polar surface area (TPSA) is 51.7 Å². The van der Waals surface area contributed by atoms with Crippen molar-refractivity contribution in [2.24, 2.45) is 5.92 Å². The van der Waals surface area contributed by atoms with Crippen LogP contribution in [0.1, 0.15) is 43.3 Å². The van der Waals surface area contributed by atoms with Gasteiger partial charge in [0.25, 0.3) is 0 Å². The van der Waals surface area contributed by atoms with Crippen molar-refractivity contribution < 1.29 is 14.3 Å². The highest BCUT2D eigenvalue weighted by atomic mass is 32.2. The van der Waals surface area contributed by atoms with E-state index in [1.54, 1.807) is 23.1 Å². The first kappa shape index (κ1) is 21.0. The van der Waals surface area contributed by atoms with Crippen LogP contribution >= 0.6 is 23.1 Å². The van der Waals surface area contributed by atoms with Crippen LogP contribution in [0.3, 0.4) is 0 Å². The molecule has 0 N–H and O–H groups in total. The molecule has 1 fully saturated rings. The minimum atomic E-state index is -0.187. The number of carbonyl (C=O) groups excluding carboxylic acids is 1. The molecule has 0 spiro atoms. The van der Waals surface area contributed by atoms with E-state index in [1.165, 1.54) is 4.90 Å². The Bertz CT molecular complexity index is 753. The molecule has 0 radical (unpaired) electrons. The van der Waals surface area contributed by atoms with Gasteiger partial charge in [-0.05, 0) is 49.3 Å². The van der Waals surface area contributed by atoms with Gasteiger partial charge in [-0.15, -0.1) is 23.1 Å². The first-order chi connectivity index (χ1) is 13.5. The van der Waals surface area contributed by atoms with Gasteiger partial charge in [0.05, 0.1) is 17.3 Å². The molecule has 1 aliphatic rings. The highest BCUT2D eigenvalue weighted by molar-refractivity contribution is 7.98. The number of benzene rings is 1. The van der Waals surface area contributed by atoms with Crippen molar-refractivity contribution in [2.45, 2.75) is 44.1 Å². The van der Waals surface area contributed by atoms with Crippen molar-refractivity contribution >= 4 is 29.2 Å². The van der Waals surface area contributed by atoms with E-state index in [0.29, 0.717) is 25.0 Å². The second kappa shape index (κ2) is 10.2. The molecule has 3 rings (SSSR count). The van der Waals surface area contributed by atoms with Gasteiger partial charge in [0, 0.05) is 29.3 Å². The van der Waals surface area contributed by atoms with Gasteiger partial charge >= 0.3 is 6.09 Å². The molecule has 5 nitrogen and oxygen atoms in total. The number of hydrogen-bond acceptors (Lipinski definition) is 6. The van der Waals surface area contributed by atoms with Crippen molar-refractivity contribution in [3.05, 3.63) is 40.3 Å². The Kier molecular flexibility index (Phi) is 7.62. The Morgan fingerprint density at radius 2 is 2.00 bits per heavy atom. The number of aromatic nitrogens is 1. The summed E-state index contributed by atoms with van der Waals surface area (Å²) in [5, 5.41) is 3.22. The van der Waals surface area contributed by atoms with E-state index in [9.17, 15) is 4.79 Å². The zero-order valence-electron chi connectivity index (χ0n) is 16.7. The Morgan fingerprint density at radius 1 is 1.29 bits per heavy atom. The molecule has 2 aromatic rings. The Labute approximate surface area is 175 Å². The number of rotatable bonds is 7. The first-order valence-corrected chi connectivity index (χ1v) is 11.8. The second-order valence-electron chi connectivity index (χ2n) is 7.37. The summed E-state index contributed by atoms with van der Waals surface area (Å²) in [4.78, 5) is 19.9. The second-order valence-corrected chi connectivity index (χ2v) is 9.14. The number of thioether (sulfide) groups is 1. The average molecular weight is 421 g/mol. The third-order valence-electron chi connectivity index (χ3n) is 4.66. The summed E-state index contributed by atoms with van der Waals surface area (Å²) in [5.41, 5.74) is 0.965. The van der Waals surface area contributed by atoms with Gasteiger partial charge < -0.3 is 14.4 Å². The molecule has 1 aromatic heterocycles. The third kappa shape index (κ3) is 5.88.